The number of nitrogens with zero attached hydrogens (tertiary/aromatic N) is 1. The van der Waals surface area contributed by atoms with Gasteiger partial charge in [-0.05, 0) is 43.2 Å². The Morgan fingerprint density at radius 1 is 0.920 bits per heavy atom. The van der Waals surface area contributed by atoms with Gasteiger partial charge in [-0.25, -0.2) is 4.98 Å². The molecule has 25 heavy (non-hydrogen) atoms. The molecule has 126 valence electrons. The zero-order chi connectivity index (χ0) is 17.8. The summed E-state index contributed by atoms with van der Waals surface area (Å²) < 4.78 is 0. The van der Waals surface area contributed by atoms with E-state index in [2.05, 4.69) is 15.6 Å². The molecule has 0 fully saturated rings. The predicted octanol–water partition coefficient (Wildman–Crippen LogP) is 4.26. The van der Waals surface area contributed by atoms with E-state index in [9.17, 15) is 9.59 Å². The maximum atomic E-state index is 12.4. The molecule has 0 aliphatic heterocycles. The molecule has 0 spiro atoms. The normalized spacial score (nSPS) is 10.3. The van der Waals surface area contributed by atoms with Crippen molar-refractivity contribution >= 4 is 34.0 Å². The van der Waals surface area contributed by atoms with Gasteiger partial charge in [-0.3, -0.25) is 14.9 Å². The van der Waals surface area contributed by atoms with Gasteiger partial charge >= 0.3 is 0 Å². The molecule has 0 saturated carbocycles. The third-order valence-electron chi connectivity index (χ3n) is 3.85. The lowest BCUT2D eigenvalue weighted by Gasteiger charge is -2.09. The topological polar surface area (TPSA) is 71.1 Å². The van der Waals surface area contributed by atoms with Gasteiger partial charge in [0.2, 0.25) is 0 Å². The summed E-state index contributed by atoms with van der Waals surface area (Å²) in [5.41, 5.74) is 3.69. The summed E-state index contributed by atoms with van der Waals surface area (Å²) in [7, 11) is 0. The van der Waals surface area contributed by atoms with Crippen molar-refractivity contribution in [3.05, 3.63) is 76.3 Å². The second kappa shape index (κ2) is 7.27. The van der Waals surface area contributed by atoms with Crippen molar-refractivity contribution in [3.8, 4) is 0 Å². The van der Waals surface area contributed by atoms with Crippen molar-refractivity contribution in [2.45, 2.75) is 13.8 Å². The highest BCUT2D eigenvalue weighted by atomic mass is 32.1. The maximum absolute atomic E-state index is 12.4. The van der Waals surface area contributed by atoms with Gasteiger partial charge in [0.25, 0.3) is 11.8 Å². The maximum Gasteiger partial charge on any atom is 0.275 e. The van der Waals surface area contributed by atoms with Gasteiger partial charge < -0.3 is 5.32 Å². The van der Waals surface area contributed by atoms with Crippen LogP contribution in [0.1, 0.15) is 32.0 Å². The van der Waals surface area contributed by atoms with Crippen LogP contribution in [0, 0.1) is 13.8 Å². The highest BCUT2D eigenvalue weighted by molar-refractivity contribution is 7.14. The van der Waals surface area contributed by atoms with Gasteiger partial charge in [0.05, 0.1) is 0 Å². The Hall–Kier alpha value is -2.99. The number of aromatic nitrogens is 1. The molecule has 2 amide bonds. The Kier molecular flexibility index (Phi) is 4.90. The van der Waals surface area contributed by atoms with Gasteiger partial charge in [0, 0.05) is 16.6 Å². The molecular weight excluding hydrogens is 334 g/mol. The highest BCUT2D eigenvalue weighted by Crippen LogP contribution is 2.21. The molecule has 0 unspecified atom stereocenters. The van der Waals surface area contributed by atoms with E-state index in [1.54, 1.807) is 29.6 Å². The molecule has 2 N–H and O–H groups in total. The molecule has 0 aliphatic carbocycles. The van der Waals surface area contributed by atoms with Crippen LogP contribution < -0.4 is 10.6 Å². The minimum absolute atomic E-state index is 0.253. The average molecular weight is 351 g/mol. The number of thiazole rings is 1. The Bertz CT molecular complexity index is 919. The summed E-state index contributed by atoms with van der Waals surface area (Å²) in [6.45, 7) is 3.95. The number of carbonyl (C=O) groups is 2. The molecule has 1 aromatic heterocycles. The number of nitrogens with one attached hydrogen (secondary N) is 2. The van der Waals surface area contributed by atoms with E-state index in [-0.39, 0.29) is 17.5 Å². The first-order valence-electron chi connectivity index (χ1n) is 7.74. The number of aryl methyl sites for hydroxylation is 1. The first-order chi connectivity index (χ1) is 12.0. The minimum Gasteiger partial charge on any atom is -0.320 e. The smallest absolute Gasteiger partial charge is 0.275 e. The van der Waals surface area contributed by atoms with Crippen molar-refractivity contribution in [3.63, 3.8) is 0 Å². The van der Waals surface area contributed by atoms with Crippen LogP contribution in [0.15, 0.2) is 53.9 Å². The number of hydrogen-bond acceptors (Lipinski definition) is 4. The van der Waals surface area contributed by atoms with Crippen molar-refractivity contribution in [2.75, 3.05) is 10.6 Å². The third kappa shape index (κ3) is 3.92. The number of rotatable bonds is 4. The van der Waals surface area contributed by atoms with Gasteiger partial charge in [-0.1, -0.05) is 30.3 Å². The van der Waals surface area contributed by atoms with Crippen LogP contribution in [0.2, 0.25) is 0 Å². The van der Waals surface area contributed by atoms with E-state index in [0.29, 0.717) is 10.7 Å². The predicted molar refractivity (Wildman–Crippen MR) is 100 cm³/mol. The Morgan fingerprint density at radius 3 is 2.44 bits per heavy atom. The van der Waals surface area contributed by atoms with E-state index >= 15 is 0 Å². The Balaban J connectivity index is 1.69. The van der Waals surface area contributed by atoms with Crippen LogP contribution in [0.4, 0.5) is 10.8 Å². The lowest BCUT2D eigenvalue weighted by atomic mass is 10.1. The molecule has 0 radical (unpaired) electrons. The van der Waals surface area contributed by atoms with Crippen LogP contribution in [0.3, 0.4) is 0 Å². The van der Waals surface area contributed by atoms with Gasteiger partial charge in [0.15, 0.2) is 5.13 Å². The van der Waals surface area contributed by atoms with Gasteiger partial charge in [-0.2, -0.15) is 0 Å². The summed E-state index contributed by atoms with van der Waals surface area (Å²) in [5.74, 6) is -0.554. The summed E-state index contributed by atoms with van der Waals surface area (Å²) in [6.07, 6.45) is 0. The largest absolute Gasteiger partial charge is 0.320 e. The van der Waals surface area contributed by atoms with Crippen LogP contribution in [0.25, 0.3) is 0 Å². The molecular formula is C19H17N3O2S. The highest BCUT2D eigenvalue weighted by Gasteiger charge is 2.14. The van der Waals surface area contributed by atoms with Crippen molar-refractivity contribution in [1.82, 2.24) is 4.98 Å². The van der Waals surface area contributed by atoms with Crippen LogP contribution in [0.5, 0.6) is 0 Å². The first kappa shape index (κ1) is 16.9. The molecule has 6 heteroatoms. The monoisotopic (exact) mass is 351 g/mol. The summed E-state index contributed by atoms with van der Waals surface area (Å²) in [4.78, 5) is 28.7. The zero-order valence-electron chi connectivity index (χ0n) is 13.9. The summed E-state index contributed by atoms with van der Waals surface area (Å²) >= 11 is 1.21. The van der Waals surface area contributed by atoms with Crippen molar-refractivity contribution in [1.29, 1.82) is 0 Å². The average Bonchev–Trinajstić information content (AvgIpc) is 3.08. The van der Waals surface area contributed by atoms with Crippen LogP contribution in [-0.4, -0.2) is 16.8 Å². The third-order valence-corrected chi connectivity index (χ3v) is 4.60. The van der Waals surface area contributed by atoms with Crippen LogP contribution in [-0.2, 0) is 0 Å². The number of benzene rings is 2. The van der Waals surface area contributed by atoms with Crippen molar-refractivity contribution < 1.29 is 9.59 Å². The number of amides is 2. The molecule has 3 rings (SSSR count). The summed E-state index contributed by atoms with van der Waals surface area (Å²) in [5, 5.41) is 7.58. The van der Waals surface area contributed by atoms with E-state index in [4.69, 9.17) is 0 Å². The second-order valence-corrected chi connectivity index (χ2v) is 6.42. The van der Waals surface area contributed by atoms with E-state index in [0.717, 1.165) is 16.8 Å². The molecule has 0 atom stereocenters. The van der Waals surface area contributed by atoms with E-state index in [1.807, 2.05) is 38.1 Å². The Labute approximate surface area is 149 Å². The summed E-state index contributed by atoms with van der Waals surface area (Å²) in [6, 6.07) is 14.6. The SMILES string of the molecule is Cc1cccc(NC(=O)c2csc(NC(=O)c3ccccc3)n2)c1C. The fourth-order valence-electron chi connectivity index (χ4n) is 2.27. The molecule has 3 aromatic rings. The number of carbonyl (C=O) groups excluding carboxylic acids is 2. The molecule has 0 bridgehead atoms. The molecule has 2 aromatic carbocycles. The Morgan fingerprint density at radius 2 is 1.68 bits per heavy atom. The fourth-order valence-corrected chi connectivity index (χ4v) is 2.95. The first-order valence-corrected chi connectivity index (χ1v) is 8.62. The molecule has 0 aliphatic rings. The quantitative estimate of drug-likeness (QED) is 0.737. The molecule has 5 nitrogen and oxygen atoms in total. The van der Waals surface area contributed by atoms with E-state index in [1.165, 1.54) is 11.3 Å². The number of anilines is 2. The van der Waals surface area contributed by atoms with Crippen LogP contribution >= 0.6 is 11.3 Å². The second-order valence-electron chi connectivity index (χ2n) is 5.56. The van der Waals surface area contributed by atoms with E-state index < -0.39 is 0 Å². The lowest BCUT2D eigenvalue weighted by molar-refractivity contribution is 0.101. The van der Waals surface area contributed by atoms with Gasteiger partial charge in [-0.15, -0.1) is 11.3 Å². The van der Waals surface area contributed by atoms with Gasteiger partial charge in [0.1, 0.15) is 5.69 Å². The molecule has 1 heterocycles. The minimum atomic E-state index is -0.301. The van der Waals surface area contributed by atoms with Crippen molar-refractivity contribution in [2.24, 2.45) is 0 Å². The molecule has 0 saturated heterocycles. The fraction of sp³-hybridized carbons (Fsp3) is 0.105. The standard InChI is InChI=1S/C19H17N3O2S/c1-12-7-6-10-15(13(12)2)20-18(24)16-11-25-19(21-16)22-17(23)14-8-4-3-5-9-14/h3-11H,1-2H3,(H,20,24)(H,21,22,23). The zero-order valence-corrected chi connectivity index (χ0v) is 14.7. The lowest BCUT2D eigenvalue weighted by Crippen LogP contribution is -2.15. The number of hydrogen-bond donors (Lipinski definition) is 2.